The number of hydrogen-bond acceptors (Lipinski definition) is 6. The molecule has 1 saturated heterocycles. The fourth-order valence-electron chi connectivity index (χ4n) is 3.45. The van der Waals surface area contributed by atoms with Crippen molar-refractivity contribution in [3.05, 3.63) is 69.8 Å². The lowest BCUT2D eigenvalue weighted by Crippen LogP contribution is -2.38. The molecule has 0 aromatic heterocycles. The van der Waals surface area contributed by atoms with Gasteiger partial charge in [-0.15, -0.1) is 0 Å². The van der Waals surface area contributed by atoms with Crippen LogP contribution in [0.1, 0.15) is 30.1 Å². The minimum absolute atomic E-state index is 0.00396. The molecule has 7 nitrogen and oxygen atoms in total. The quantitative estimate of drug-likeness (QED) is 0.306. The second kappa shape index (κ2) is 8.98. The van der Waals surface area contributed by atoms with Gasteiger partial charge in [-0.1, -0.05) is 12.1 Å². The highest BCUT2D eigenvalue weighted by Crippen LogP contribution is 2.31. The fraction of sp³-hybridized carbons (Fsp3) is 0.333. The van der Waals surface area contributed by atoms with E-state index in [1.165, 1.54) is 13.0 Å². The molecule has 1 heterocycles. The van der Waals surface area contributed by atoms with Gasteiger partial charge in [0.2, 0.25) is 5.78 Å². The Hall–Kier alpha value is -3.36. The number of piperidine rings is 1. The van der Waals surface area contributed by atoms with E-state index >= 15 is 0 Å². The topological polar surface area (TPSA) is 89.8 Å². The van der Waals surface area contributed by atoms with Gasteiger partial charge >= 0.3 is 5.97 Å². The molecule has 0 bridgehead atoms. The number of esters is 1. The first-order valence-electron chi connectivity index (χ1n) is 9.46. The van der Waals surface area contributed by atoms with Crippen LogP contribution in [0.2, 0.25) is 0 Å². The van der Waals surface area contributed by atoms with Gasteiger partial charge in [0.25, 0.3) is 5.69 Å². The Morgan fingerprint density at radius 2 is 1.80 bits per heavy atom. The van der Waals surface area contributed by atoms with Crippen LogP contribution in [0.3, 0.4) is 0 Å². The number of carbonyl (C=O) groups is 2. The Bertz CT molecular complexity index is 974. The number of benzene rings is 2. The molecule has 1 fully saturated rings. The van der Waals surface area contributed by atoms with Gasteiger partial charge in [-0.25, -0.2) is 8.78 Å². The summed E-state index contributed by atoms with van der Waals surface area (Å²) in [5.74, 6) is -3.85. The SMILES string of the molecule is CC(OC(=O)C1CCN(c2ccccc2[N+](=O)[O-])CC1)C(=O)c1ccc(F)c(F)c1. The predicted octanol–water partition coefficient (Wildman–Crippen LogP) is 3.90. The number of Topliss-reactive ketones (excluding diaryl/α,β-unsaturated/α-hetero) is 1. The Morgan fingerprint density at radius 3 is 2.43 bits per heavy atom. The second-order valence-corrected chi connectivity index (χ2v) is 7.08. The molecule has 0 saturated carbocycles. The minimum Gasteiger partial charge on any atom is -0.454 e. The summed E-state index contributed by atoms with van der Waals surface area (Å²) in [6, 6.07) is 9.16. The first-order chi connectivity index (χ1) is 14.3. The summed E-state index contributed by atoms with van der Waals surface area (Å²) in [6.07, 6.45) is -0.316. The molecular weight excluding hydrogens is 398 g/mol. The lowest BCUT2D eigenvalue weighted by Gasteiger charge is -2.32. The first kappa shape index (κ1) is 21.4. The molecule has 2 aromatic carbocycles. The smallest absolute Gasteiger partial charge is 0.309 e. The number of nitro groups is 1. The molecule has 2 aromatic rings. The van der Waals surface area contributed by atoms with Crippen LogP contribution in [0.25, 0.3) is 0 Å². The van der Waals surface area contributed by atoms with Crippen molar-refractivity contribution < 1.29 is 28.0 Å². The number of ketones is 1. The highest BCUT2D eigenvalue weighted by atomic mass is 19.2. The van der Waals surface area contributed by atoms with Crippen molar-refractivity contribution in [3.8, 4) is 0 Å². The fourth-order valence-corrected chi connectivity index (χ4v) is 3.45. The average molecular weight is 418 g/mol. The Balaban J connectivity index is 1.58. The molecule has 0 N–H and O–H groups in total. The minimum atomic E-state index is -1.15. The van der Waals surface area contributed by atoms with Gasteiger partial charge in [0.15, 0.2) is 17.7 Å². The summed E-state index contributed by atoms with van der Waals surface area (Å²) < 4.78 is 31.6. The number of ether oxygens (including phenoxy) is 1. The van der Waals surface area contributed by atoms with Gasteiger partial charge in [0, 0.05) is 24.7 Å². The maximum atomic E-state index is 13.3. The van der Waals surface area contributed by atoms with Crippen LogP contribution < -0.4 is 4.90 Å². The zero-order chi connectivity index (χ0) is 21.8. The van der Waals surface area contributed by atoms with E-state index < -0.39 is 40.3 Å². The zero-order valence-corrected chi connectivity index (χ0v) is 16.2. The molecule has 0 amide bonds. The van der Waals surface area contributed by atoms with Gasteiger partial charge < -0.3 is 9.64 Å². The number of carbonyl (C=O) groups excluding carboxylic acids is 2. The van der Waals surface area contributed by atoms with Crippen LogP contribution in [0.15, 0.2) is 42.5 Å². The normalized spacial score (nSPS) is 15.5. The molecule has 1 unspecified atom stereocenters. The maximum Gasteiger partial charge on any atom is 0.309 e. The molecule has 158 valence electrons. The van der Waals surface area contributed by atoms with Gasteiger partial charge in [-0.05, 0) is 44.0 Å². The molecule has 30 heavy (non-hydrogen) atoms. The van der Waals surface area contributed by atoms with Crippen LogP contribution in [-0.2, 0) is 9.53 Å². The van der Waals surface area contributed by atoms with Crippen molar-refractivity contribution in [2.45, 2.75) is 25.9 Å². The van der Waals surface area contributed by atoms with Gasteiger partial charge in [0.1, 0.15) is 5.69 Å². The number of nitrogens with zero attached hydrogens (tertiary/aromatic N) is 2. The first-order valence-corrected chi connectivity index (χ1v) is 9.46. The van der Waals surface area contributed by atoms with Crippen LogP contribution in [0, 0.1) is 27.7 Å². The van der Waals surface area contributed by atoms with Crippen LogP contribution in [0.4, 0.5) is 20.2 Å². The van der Waals surface area contributed by atoms with E-state index in [9.17, 15) is 28.5 Å². The summed E-state index contributed by atoms with van der Waals surface area (Å²) in [4.78, 5) is 37.4. The number of hydrogen-bond donors (Lipinski definition) is 0. The summed E-state index contributed by atoms with van der Waals surface area (Å²) in [7, 11) is 0. The molecule has 1 aliphatic heterocycles. The van der Waals surface area contributed by atoms with Gasteiger partial charge in [-0.2, -0.15) is 0 Å². The van der Waals surface area contributed by atoms with Gasteiger partial charge in [0.05, 0.1) is 10.8 Å². The lowest BCUT2D eigenvalue weighted by molar-refractivity contribution is -0.384. The molecule has 1 atom stereocenters. The standard InChI is InChI=1S/C21H20F2N2O5/c1-13(20(26)15-6-7-16(22)17(23)12-15)30-21(27)14-8-10-24(11-9-14)18-4-2-3-5-19(18)25(28)29/h2-7,12-14H,8-11H2,1H3. The zero-order valence-electron chi connectivity index (χ0n) is 16.2. The number of nitro benzene ring substituents is 1. The average Bonchev–Trinajstić information content (AvgIpc) is 2.75. The predicted molar refractivity (Wildman–Crippen MR) is 104 cm³/mol. The maximum absolute atomic E-state index is 13.3. The van der Waals surface area contributed by atoms with Crippen LogP contribution in [-0.4, -0.2) is 35.9 Å². The highest BCUT2D eigenvalue weighted by molar-refractivity contribution is 6.00. The summed E-state index contributed by atoms with van der Waals surface area (Å²) >= 11 is 0. The van der Waals surface area contributed by atoms with Crippen molar-refractivity contribution in [1.29, 1.82) is 0 Å². The van der Waals surface area contributed by atoms with E-state index in [2.05, 4.69) is 0 Å². The third kappa shape index (κ3) is 4.61. The second-order valence-electron chi connectivity index (χ2n) is 7.08. The molecule has 0 aliphatic carbocycles. The summed E-state index contributed by atoms with van der Waals surface area (Å²) in [6.45, 7) is 2.23. The lowest BCUT2D eigenvalue weighted by atomic mass is 9.96. The van der Waals surface area contributed by atoms with Crippen molar-refractivity contribution in [2.24, 2.45) is 5.92 Å². The van der Waals surface area contributed by atoms with E-state index in [0.29, 0.717) is 31.6 Å². The van der Waals surface area contributed by atoms with Crippen molar-refractivity contribution in [2.75, 3.05) is 18.0 Å². The molecule has 0 spiro atoms. The Morgan fingerprint density at radius 1 is 1.13 bits per heavy atom. The molecule has 0 radical (unpaired) electrons. The van der Waals surface area contributed by atoms with Crippen molar-refractivity contribution in [3.63, 3.8) is 0 Å². The largest absolute Gasteiger partial charge is 0.454 e. The summed E-state index contributed by atoms with van der Waals surface area (Å²) in [5.41, 5.74) is 0.417. The van der Waals surface area contributed by atoms with Crippen molar-refractivity contribution in [1.82, 2.24) is 0 Å². The Kier molecular flexibility index (Phi) is 6.39. The van der Waals surface area contributed by atoms with Crippen molar-refractivity contribution >= 4 is 23.1 Å². The van der Waals surface area contributed by atoms with E-state index in [1.807, 2.05) is 4.90 Å². The molecule has 3 rings (SSSR count). The van der Waals surface area contributed by atoms with E-state index in [1.54, 1.807) is 18.2 Å². The van der Waals surface area contributed by atoms with E-state index in [4.69, 9.17) is 4.74 Å². The third-order valence-corrected chi connectivity index (χ3v) is 5.11. The van der Waals surface area contributed by atoms with E-state index in [0.717, 1.165) is 18.2 Å². The van der Waals surface area contributed by atoms with Crippen LogP contribution >= 0.6 is 0 Å². The Labute approximate surface area is 171 Å². The summed E-state index contributed by atoms with van der Waals surface area (Å²) in [5, 5.41) is 11.2. The highest BCUT2D eigenvalue weighted by Gasteiger charge is 2.31. The van der Waals surface area contributed by atoms with Gasteiger partial charge in [-0.3, -0.25) is 19.7 Å². The van der Waals surface area contributed by atoms with Crippen LogP contribution in [0.5, 0.6) is 0 Å². The van der Waals surface area contributed by atoms with E-state index in [-0.39, 0.29) is 11.3 Å². The third-order valence-electron chi connectivity index (χ3n) is 5.11. The number of halogens is 2. The number of rotatable bonds is 6. The number of para-hydroxylation sites is 2. The molecule has 9 heteroatoms. The number of anilines is 1. The monoisotopic (exact) mass is 418 g/mol. The molecular formula is C21H20F2N2O5. The molecule has 1 aliphatic rings.